The zero-order chi connectivity index (χ0) is 19.3. The number of aromatic amines is 1. The van der Waals surface area contributed by atoms with Gasteiger partial charge in [0.1, 0.15) is 0 Å². The van der Waals surface area contributed by atoms with Crippen molar-refractivity contribution in [3.63, 3.8) is 0 Å². The topological polar surface area (TPSA) is 36.1 Å². The maximum Gasteiger partial charge on any atom is 0.222 e. The third-order valence-corrected chi connectivity index (χ3v) is 5.95. The predicted molar refractivity (Wildman–Crippen MR) is 116 cm³/mol. The first-order valence-electron chi connectivity index (χ1n) is 10.3. The number of hydrogen-bond acceptors (Lipinski definition) is 1. The Morgan fingerprint density at radius 1 is 1.14 bits per heavy atom. The molecule has 0 saturated carbocycles. The van der Waals surface area contributed by atoms with Crippen LogP contribution in [0.2, 0.25) is 5.02 Å². The molecule has 1 aliphatic heterocycles. The Labute approximate surface area is 171 Å². The maximum absolute atomic E-state index is 12.7. The van der Waals surface area contributed by atoms with Gasteiger partial charge in [-0.15, -0.1) is 0 Å². The molecule has 2 aromatic carbocycles. The first kappa shape index (κ1) is 19.1. The average Bonchev–Trinajstić information content (AvgIpc) is 3.10. The van der Waals surface area contributed by atoms with Gasteiger partial charge in [0, 0.05) is 35.7 Å². The first-order chi connectivity index (χ1) is 13.7. The minimum Gasteiger partial charge on any atom is -0.358 e. The standard InChI is InChI=1S/C24H27ClN2O/c25-21-12-11-20-15-22(26-23(20)16-21)9-4-10-24(28)27-13-5-8-19(17-27)14-18-6-2-1-3-7-18/h1-3,6-7,11-12,15-16,19,26H,4-5,8-10,13-14,17H2. The van der Waals surface area contributed by atoms with E-state index in [2.05, 4.69) is 46.3 Å². The van der Waals surface area contributed by atoms with Crippen LogP contribution in [-0.2, 0) is 17.6 Å². The molecule has 4 heteroatoms. The van der Waals surface area contributed by atoms with Crippen molar-refractivity contribution < 1.29 is 4.79 Å². The van der Waals surface area contributed by atoms with E-state index < -0.39 is 0 Å². The summed E-state index contributed by atoms with van der Waals surface area (Å²) in [6.45, 7) is 1.81. The normalized spacial score (nSPS) is 17.2. The van der Waals surface area contributed by atoms with Crippen LogP contribution < -0.4 is 0 Å². The van der Waals surface area contributed by atoms with Gasteiger partial charge < -0.3 is 9.88 Å². The van der Waals surface area contributed by atoms with Crippen molar-refractivity contribution in [1.29, 1.82) is 0 Å². The molecule has 1 unspecified atom stereocenters. The van der Waals surface area contributed by atoms with E-state index in [4.69, 9.17) is 11.6 Å². The molecule has 28 heavy (non-hydrogen) atoms. The molecule has 1 aliphatic rings. The van der Waals surface area contributed by atoms with Gasteiger partial charge in [0.2, 0.25) is 5.91 Å². The molecule has 146 valence electrons. The van der Waals surface area contributed by atoms with Crippen molar-refractivity contribution in [2.45, 2.75) is 38.5 Å². The summed E-state index contributed by atoms with van der Waals surface area (Å²) < 4.78 is 0. The van der Waals surface area contributed by atoms with Crippen molar-refractivity contribution in [2.24, 2.45) is 5.92 Å². The van der Waals surface area contributed by atoms with Crippen molar-refractivity contribution >= 4 is 28.4 Å². The van der Waals surface area contributed by atoms with Crippen molar-refractivity contribution in [3.8, 4) is 0 Å². The summed E-state index contributed by atoms with van der Waals surface area (Å²) in [4.78, 5) is 18.2. The van der Waals surface area contributed by atoms with Gasteiger partial charge in [-0.05, 0) is 67.2 Å². The van der Waals surface area contributed by atoms with Gasteiger partial charge >= 0.3 is 0 Å². The van der Waals surface area contributed by atoms with Crippen LogP contribution in [-0.4, -0.2) is 28.9 Å². The van der Waals surface area contributed by atoms with Gasteiger partial charge in [0.05, 0.1) is 0 Å². The van der Waals surface area contributed by atoms with Gasteiger partial charge in [0.25, 0.3) is 0 Å². The molecular weight excluding hydrogens is 368 g/mol. The molecule has 1 amide bonds. The van der Waals surface area contributed by atoms with Crippen molar-refractivity contribution in [2.75, 3.05) is 13.1 Å². The van der Waals surface area contributed by atoms with Crippen LogP contribution >= 0.6 is 11.6 Å². The molecule has 1 aromatic heterocycles. The molecule has 1 fully saturated rings. The summed E-state index contributed by atoms with van der Waals surface area (Å²) in [6, 6.07) is 18.7. The Morgan fingerprint density at radius 2 is 2.00 bits per heavy atom. The average molecular weight is 395 g/mol. The number of piperidine rings is 1. The number of H-pyrrole nitrogens is 1. The lowest BCUT2D eigenvalue weighted by Gasteiger charge is -2.33. The Bertz CT molecular complexity index is 934. The summed E-state index contributed by atoms with van der Waals surface area (Å²) in [5.74, 6) is 0.885. The van der Waals surface area contributed by atoms with Gasteiger partial charge in [-0.2, -0.15) is 0 Å². The fraction of sp³-hybridized carbons (Fsp3) is 0.375. The van der Waals surface area contributed by atoms with E-state index in [1.165, 1.54) is 23.1 Å². The molecule has 1 atom stereocenters. The third-order valence-electron chi connectivity index (χ3n) is 5.72. The molecule has 1 N–H and O–H groups in total. The number of carbonyl (C=O) groups is 1. The third kappa shape index (κ3) is 4.77. The molecular formula is C24H27ClN2O. The molecule has 1 saturated heterocycles. The van der Waals surface area contributed by atoms with Crippen molar-refractivity contribution in [1.82, 2.24) is 9.88 Å². The molecule has 0 aliphatic carbocycles. The van der Waals surface area contributed by atoms with E-state index in [9.17, 15) is 4.79 Å². The van der Waals surface area contributed by atoms with E-state index in [0.29, 0.717) is 18.2 Å². The molecule has 0 spiro atoms. The maximum atomic E-state index is 12.7. The number of rotatable bonds is 6. The highest BCUT2D eigenvalue weighted by Gasteiger charge is 2.23. The van der Waals surface area contributed by atoms with Crippen LogP contribution in [0.15, 0.2) is 54.6 Å². The summed E-state index contributed by atoms with van der Waals surface area (Å²) in [5, 5.41) is 1.91. The van der Waals surface area contributed by atoms with Crippen LogP contribution in [0.25, 0.3) is 10.9 Å². The second-order valence-electron chi connectivity index (χ2n) is 7.92. The lowest BCUT2D eigenvalue weighted by atomic mass is 9.91. The largest absolute Gasteiger partial charge is 0.358 e. The summed E-state index contributed by atoms with van der Waals surface area (Å²) in [5.41, 5.74) is 3.61. The Morgan fingerprint density at radius 3 is 2.86 bits per heavy atom. The van der Waals surface area contributed by atoms with Crippen LogP contribution in [0.4, 0.5) is 0 Å². The van der Waals surface area contributed by atoms with Crippen LogP contribution in [0, 0.1) is 5.92 Å². The van der Waals surface area contributed by atoms with Crippen LogP contribution in [0.5, 0.6) is 0 Å². The van der Waals surface area contributed by atoms with Crippen LogP contribution in [0.3, 0.4) is 0 Å². The Kier molecular flexibility index (Phi) is 6.01. The van der Waals surface area contributed by atoms with Gasteiger partial charge in [-0.25, -0.2) is 0 Å². The number of halogens is 1. The molecule has 2 heterocycles. The van der Waals surface area contributed by atoms with E-state index in [1.54, 1.807) is 0 Å². The zero-order valence-electron chi connectivity index (χ0n) is 16.2. The van der Waals surface area contributed by atoms with Crippen molar-refractivity contribution in [3.05, 3.63) is 70.9 Å². The lowest BCUT2D eigenvalue weighted by Crippen LogP contribution is -2.40. The predicted octanol–water partition coefficient (Wildman–Crippen LogP) is 5.63. The number of likely N-dealkylation sites (tertiary alicyclic amines) is 1. The second kappa shape index (κ2) is 8.83. The Hall–Kier alpha value is -2.26. The van der Waals surface area contributed by atoms with E-state index >= 15 is 0 Å². The molecule has 4 rings (SSSR count). The number of nitrogens with zero attached hydrogens (tertiary/aromatic N) is 1. The summed E-state index contributed by atoms with van der Waals surface area (Å²) >= 11 is 6.05. The zero-order valence-corrected chi connectivity index (χ0v) is 16.9. The highest BCUT2D eigenvalue weighted by atomic mass is 35.5. The second-order valence-corrected chi connectivity index (χ2v) is 8.35. The highest BCUT2D eigenvalue weighted by Crippen LogP contribution is 2.23. The monoisotopic (exact) mass is 394 g/mol. The number of fused-ring (bicyclic) bond motifs is 1. The van der Waals surface area contributed by atoms with E-state index in [-0.39, 0.29) is 0 Å². The quantitative estimate of drug-likeness (QED) is 0.578. The number of hydrogen-bond donors (Lipinski definition) is 1. The minimum atomic E-state index is 0.303. The summed E-state index contributed by atoms with van der Waals surface area (Å²) in [7, 11) is 0. The van der Waals surface area contributed by atoms with E-state index in [0.717, 1.165) is 49.3 Å². The van der Waals surface area contributed by atoms with E-state index in [1.807, 2.05) is 18.2 Å². The Balaban J connectivity index is 1.27. The number of amides is 1. The molecule has 3 aromatic rings. The molecule has 0 radical (unpaired) electrons. The number of carbonyl (C=O) groups excluding carboxylic acids is 1. The number of aryl methyl sites for hydroxylation is 1. The number of benzene rings is 2. The summed E-state index contributed by atoms with van der Waals surface area (Å²) in [6.07, 6.45) is 5.79. The van der Waals surface area contributed by atoms with Crippen LogP contribution in [0.1, 0.15) is 36.9 Å². The lowest BCUT2D eigenvalue weighted by molar-refractivity contribution is -0.133. The SMILES string of the molecule is O=C(CCCc1cc2ccc(Cl)cc2[nH]1)N1CCCC(Cc2ccccc2)C1. The fourth-order valence-corrected chi connectivity index (χ4v) is 4.46. The highest BCUT2D eigenvalue weighted by molar-refractivity contribution is 6.31. The minimum absolute atomic E-state index is 0.303. The smallest absolute Gasteiger partial charge is 0.222 e. The molecule has 0 bridgehead atoms. The fourth-order valence-electron chi connectivity index (χ4n) is 4.29. The number of nitrogens with one attached hydrogen (secondary N) is 1. The first-order valence-corrected chi connectivity index (χ1v) is 10.6. The van der Waals surface area contributed by atoms with Gasteiger partial charge in [-0.3, -0.25) is 4.79 Å². The van der Waals surface area contributed by atoms with Gasteiger partial charge in [0.15, 0.2) is 0 Å². The number of aromatic nitrogens is 1. The molecule has 3 nitrogen and oxygen atoms in total. The van der Waals surface area contributed by atoms with Gasteiger partial charge in [-0.1, -0.05) is 48.0 Å².